The molecule has 12 nitrogen and oxygen atoms in total. The highest BCUT2D eigenvalue weighted by Crippen LogP contribution is 2.43. The van der Waals surface area contributed by atoms with Crippen molar-refractivity contribution < 1.29 is 58.2 Å². The second-order valence-electron chi connectivity index (χ2n) is 10.4. The number of hydrogen-bond acceptors (Lipinski definition) is 11. The van der Waals surface area contributed by atoms with E-state index in [-0.39, 0.29) is 37.6 Å². The fraction of sp³-hybridized carbons (Fsp3) is 1.00. The van der Waals surface area contributed by atoms with Gasteiger partial charge in [-0.2, -0.15) is 0 Å². The predicted octanol–water partition coefficient (Wildman–Crippen LogP) is 7.31. The molecule has 0 spiro atoms. The Balaban J connectivity index is 1.50. The first-order chi connectivity index (χ1) is 19.0. The van der Waals surface area contributed by atoms with Crippen LogP contribution in [0.25, 0.3) is 0 Å². The van der Waals surface area contributed by atoms with Crippen molar-refractivity contribution in [1.82, 2.24) is 0 Å². The van der Waals surface area contributed by atoms with Gasteiger partial charge in [-0.05, 0) is 84.4 Å². The first-order valence-electron chi connectivity index (χ1n) is 14.9. The summed E-state index contributed by atoms with van der Waals surface area (Å²) in [6.45, 7) is 4.15. The van der Waals surface area contributed by atoms with Gasteiger partial charge in [-0.25, -0.2) is 24.1 Å². The molecule has 39 heavy (non-hydrogen) atoms. The molecular weight excluding hydrogens is 535 g/mol. The molecule has 0 aliphatic heterocycles. The summed E-state index contributed by atoms with van der Waals surface area (Å²) in [6.07, 6.45) is 15.7. The molecule has 0 radical (unpaired) electrons. The smallest absolute Gasteiger partial charge is 0.302 e. The second-order valence-corrected chi connectivity index (χ2v) is 11.9. The molecule has 2 rings (SSSR count). The predicted molar refractivity (Wildman–Crippen MR) is 140 cm³/mol. The topological polar surface area (TPSA) is 130 Å². The Morgan fingerprint density at radius 2 is 1.05 bits per heavy atom. The van der Waals surface area contributed by atoms with Crippen molar-refractivity contribution in [3.8, 4) is 0 Å². The summed E-state index contributed by atoms with van der Waals surface area (Å²) < 4.78 is 22.4. The Labute approximate surface area is 233 Å². The lowest BCUT2D eigenvalue weighted by Crippen LogP contribution is -2.19. The minimum Gasteiger partial charge on any atom is -0.302 e. The molecule has 0 amide bonds. The number of hydrogen-bond donors (Lipinski definition) is 1. The minimum atomic E-state index is -4.16. The fourth-order valence-corrected chi connectivity index (χ4v) is 5.55. The molecule has 2 aliphatic rings. The van der Waals surface area contributed by atoms with E-state index in [4.69, 9.17) is 48.8 Å². The molecule has 0 heterocycles. The molecule has 0 aromatic carbocycles. The molecule has 2 fully saturated rings. The normalized spacial score (nSPS) is 20.6. The standard InChI is InChI=1S/C26H51O12P/c1-3-13-23(31-35-37-33-25-15-7-5-8-16-25)19-11-21-29-39(27,28)30-22-12-20-24(14-4-2)32-36-38-34-26-17-9-6-10-18-26/h23-26H,3-22H2,1-2H3,(H,27,28). The molecular formula is C26H51O12P. The van der Waals surface area contributed by atoms with Crippen LogP contribution in [0.5, 0.6) is 0 Å². The molecule has 2 aliphatic carbocycles. The quantitative estimate of drug-likeness (QED) is 0.0527. The summed E-state index contributed by atoms with van der Waals surface area (Å²) in [5.74, 6) is 0. The Morgan fingerprint density at radius 1 is 0.641 bits per heavy atom. The van der Waals surface area contributed by atoms with Crippen molar-refractivity contribution >= 4 is 7.82 Å². The first-order valence-corrected chi connectivity index (χ1v) is 16.4. The van der Waals surface area contributed by atoms with Crippen molar-refractivity contribution in [2.45, 2.75) is 154 Å². The second kappa shape index (κ2) is 22.4. The third-order valence-corrected chi connectivity index (χ3v) is 7.95. The van der Waals surface area contributed by atoms with Crippen molar-refractivity contribution in [3.63, 3.8) is 0 Å². The largest absolute Gasteiger partial charge is 0.472 e. The minimum absolute atomic E-state index is 0.0389. The SMILES string of the molecule is CCCC(CCCOP(=O)(O)OCCCC(CCC)OOOOC1CCCCC1)OOOOC1CCCCC1. The number of phosphoric acid groups is 1. The lowest BCUT2D eigenvalue weighted by molar-refractivity contribution is -0.650. The van der Waals surface area contributed by atoms with E-state index in [1.165, 1.54) is 12.8 Å². The van der Waals surface area contributed by atoms with Crippen LogP contribution >= 0.6 is 7.82 Å². The number of rotatable bonds is 24. The molecule has 232 valence electrons. The Hall–Kier alpha value is -0.210. The molecule has 2 unspecified atom stereocenters. The number of phosphoric ester groups is 1. The third-order valence-electron chi connectivity index (χ3n) is 6.93. The van der Waals surface area contributed by atoms with Gasteiger partial charge in [0, 0.05) is 0 Å². The molecule has 2 saturated carbocycles. The maximum absolute atomic E-state index is 12.2. The zero-order valence-corrected chi connectivity index (χ0v) is 24.7. The Morgan fingerprint density at radius 3 is 1.44 bits per heavy atom. The van der Waals surface area contributed by atoms with Gasteiger partial charge in [-0.15, -0.1) is 0 Å². The maximum Gasteiger partial charge on any atom is 0.472 e. The summed E-state index contributed by atoms with van der Waals surface area (Å²) in [4.78, 5) is 31.0. The summed E-state index contributed by atoms with van der Waals surface area (Å²) >= 11 is 0. The van der Waals surface area contributed by atoms with Crippen LogP contribution < -0.4 is 0 Å². The highest BCUT2D eigenvalue weighted by molar-refractivity contribution is 7.47. The van der Waals surface area contributed by atoms with E-state index >= 15 is 0 Å². The van der Waals surface area contributed by atoms with Gasteiger partial charge in [0.25, 0.3) is 0 Å². The van der Waals surface area contributed by atoms with Crippen LogP contribution in [-0.4, -0.2) is 42.5 Å². The van der Waals surface area contributed by atoms with Crippen LogP contribution in [0.2, 0.25) is 0 Å². The summed E-state index contributed by atoms with van der Waals surface area (Å²) in [7, 11) is -4.16. The lowest BCUT2D eigenvalue weighted by atomic mass is 9.98. The van der Waals surface area contributed by atoms with Gasteiger partial charge in [-0.1, -0.05) is 65.2 Å². The monoisotopic (exact) mass is 586 g/mol. The molecule has 0 bridgehead atoms. The van der Waals surface area contributed by atoms with E-state index < -0.39 is 7.82 Å². The van der Waals surface area contributed by atoms with Crippen LogP contribution in [0.3, 0.4) is 0 Å². The molecule has 0 aromatic rings. The fourth-order valence-electron chi connectivity index (χ4n) is 4.75. The molecule has 2 atom stereocenters. The van der Waals surface area contributed by atoms with Crippen molar-refractivity contribution in [1.29, 1.82) is 0 Å². The van der Waals surface area contributed by atoms with Crippen LogP contribution in [-0.2, 0) is 53.3 Å². The highest BCUT2D eigenvalue weighted by Gasteiger charge is 2.22. The Bertz CT molecular complexity index is 568. The molecule has 0 aromatic heterocycles. The third kappa shape index (κ3) is 18.0. The van der Waals surface area contributed by atoms with E-state index in [0.29, 0.717) is 25.7 Å². The molecule has 13 heteroatoms. The van der Waals surface area contributed by atoms with Crippen LogP contribution in [0.15, 0.2) is 0 Å². The summed E-state index contributed by atoms with van der Waals surface area (Å²) in [5.41, 5.74) is 0. The van der Waals surface area contributed by atoms with E-state index in [9.17, 15) is 9.46 Å². The van der Waals surface area contributed by atoms with Gasteiger partial charge in [0.1, 0.15) is 0 Å². The van der Waals surface area contributed by atoms with Crippen molar-refractivity contribution in [3.05, 3.63) is 0 Å². The van der Waals surface area contributed by atoms with Crippen molar-refractivity contribution in [2.24, 2.45) is 0 Å². The first kappa shape index (κ1) is 35.0. The van der Waals surface area contributed by atoms with Crippen LogP contribution in [0, 0.1) is 0 Å². The average Bonchev–Trinajstić information content (AvgIpc) is 2.94. The zero-order valence-electron chi connectivity index (χ0n) is 23.8. The molecule has 0 saturated heterocycles. The van der Waals surface area contributed by atoms with E-state index in [1.807, 2.05) is 13.8 Å². The average molecular weight is 587 g/mol. The van der Waals surface area contributed by atoms with Gasteiger partial charge in [0.15, 0.2) is 0 Å². The van der Waals surface area contributed by atoms with E-state index in [0.717, 1.165) is 77.0 Å². The summed E-state index contributed by atoms with van der Waals surface area (Å²) in [6, 6.07) is 0. The summed E-state index contributed by atoms with van der Waals surface area (Å²) in [5, 5.41) is 19.1. The van der Waals surface area contributed by atoms with E-state index in [1.54, 1.807) is 0 Å². The van der Waals surface area contributed by atoms with Crippen LogP contribution in [0.4, 0.5) is 0 Å². The zero-order chi connectivity index (χ0) is 28.0. The van der Waals surface area contributed by atoms with Crippen LogP contribution in [0.1, 0.15) is 129 Å². The van der Waals surface area contributed by atoms with Gasteiger partial charge in [0.05, 0.1) is 37.6 Å². The van der Waals surface area contributed by atoms with Gasteiger partial charge in [-0.3, -0.25) is 9.05 Å². The van der Waals surface area contributed by atoms with Gasteiger partial charge < -0.3 is 4.89 Å². The highest BCUT2D eigenvalue weighted by atomic mass is 31.2. The van der Waals surface area contributed by atoms with E-state index in [2.05, 4.69) is 0 Å². The maximum atomic E-state index is 12.2. The van der Waals surface area contributed by atoms with Crippen molar-refractivity contribution in [2.75, 3.05) is 13.2 Å². The van der Waals surface area contributed by atoms with Gasteiger partial charge in [0.2, 0.25) is 0 Å². The Kier molecular flexibility index (Phi) is 20.1. The lowest BCUT2D eigenvalue weighted by Gasteiger charge is -2.20. The van der Waals surface area contributed by atoms with Gasteiger partial charge >= 0.3 is 7.82 Å². The molecule has 1 N–H and O–H groups in total.